The van der Waals surface area contributed by atoms with Crippen LogP contribution in [0.25, 0.3) is 0 Å². The number of hydrogen-bond acceptors (Lipinski definition) is 4. The highest BCUT2D eigenvalue weighted by atomic mass is 16.5. The lowest BCUT2D eigenvalue weighted by atomic mass is 10.2. The van der Waals surface area contributed by atoms with Crippen molar-refractivity contribution >= 4 is 0 Å². The van der Waals surface area contributed by atoms with Gasteiger partial charge in [0.1, 0.15) is 12.4 Å². The van der Waals surface area contributed by atoms with E-state index in [1.807, 2.05) is 13.8 Å². The molecule has 1 aromatic rings. The van der Waals surface area contributed by atoms with Crippen LogP contribution in [0.2, 0.25) is 0 Å². The van der Waals surface area contributed by atoms with Gasteiger partial charge in [-0.3, -0.25) is 0 Å². The van der Waals surface area contributed by atoms with Gasteiger partial charge < -0.3 is 9.84 Å². The Hall–Kier alpha value is -1.16. The number of aliphatic hydroxyl groups excluding tert-OH is 1. The molecule has 0 aromatic carbocycles. The van der Waals surface area contributed by atoms with Gasteiger partial charge in [0, 0.05) is 5.92 Å². The predicted octanol–water partition coefficient (Wildman–Crippen LogP) is 1.36. The van der Waals surface area contributed by atoms with Crippen LogP contribution in [0.3, 0.4) is 0 Å². The molecule has 0 aliphatic carbocycles. The molecule has 4 nitrogen and oxygen atoms in total. The van der Waals surface area contributed by atoms with Gasteiger partial charge in [0.25, 0.3) is 0 Å². The molecule has 0 fully saturated rings. The molecule has 78 valence electrons. The molecule has 1 unspecified atom stereocenters. The quantitative estimate of drug-likeness (QED) is 0.790. The van der Waals surface area contributed by atoms with Crippen molar-refractivity contribution in [3.63, 3.8) is 0 Å². The highest BCUT2D eigenvalue weighted by molar-refractivity contribution is 5.13. The summed E-state index contributed by atoms with van der Waals surface area (Å²) in [4.78, 5) is 8.28. The van der Waals surface area contributed by atoms with Crippen LogP contribution in [-0.4, -0.2) is 27.8 Å². The molecule has 1 atom stereocenters. The Morgan fingerprint density at radius 1 is 1.29 bits per heavy atom. The van der Waals surface area contributed by atoms with E-state index in [-0.39, 0.29) is 6.61 Å². The van der Waals surface area contributed by atoms with Crippen LogP contribution >= 0.6 is 0 Å². The van der Waals surface area contributed by atoms with Crippen LogP contribution in [0, 0.1) is 0 Å². The molecule has 0 saturated heterocycles. The minimum absolute atomic E-state index is 0.268. The molecule has 0 aliphatic heterocycles. The minimum atomic E-state index is -0.472. The standard InChI is InChI=1S/C10H16N2O2/c1-7(2)10-11-4-9(5-12-10)14-6-8(3)13/h4-5,7-8,13H,6H2,1-3H3. The fraction of sp³-hybridized carbons (Fsp3) is 0.600. The Bertz CT molecular complexity index is 270. The molecule has 1 aromatic heterocycles. The number of aliphatic hydroxyl groups is 1. The maximum absolute atomic E-state index is 8.99. The average molecular weight is 196 g/mol. The summed E-state index contributed by atoms with van der Waals surface area (Å²) in [6.07, 6.45) is 2.79. The zero-order valence-electron chi connectivity index (χ0n) is 8.77. The highest BCUT2D eigenvalue weighted by Gasteiger charge is 2.03. The van der Waals surface area contributed by atoms with Gasteiger partial charge in [0.15, 0.2) is 5.75 Å². The molecule has 1 heterocycles. The monoisotopic (exact) mass is 196 g/mol. The molecule has 0 amide bonds. The third-order valence-electron chi connectivity index (χ3n) is 1.66. The molecule has 0 bridgehead atoms. The first kappa shape index (κ1) is 10.9. The van der Waals surface area contributed by atoms with E-state index in [9.17, 15) is 0 Å². The second-order valence-electron chi connectivity index (χ2n) is 3.59. The second-order valence-corrected chi connectivity index (χ2v) is 3.59. The number of rotatable bonds is 4. The van der Waals surface area contributed by atoms with Crippen LogP contribution in [0.4, 0.5) is 0 Å². The smallest absolute Gasteiger partial charge is 0.156 e. The Morgan fingerprint density at radius 3 is 2.29 bits per heavy atom. The van der Waals surface area contributed by atoms with Crippen molar-refractivity contribution in [3.05, 3.63) is 18.2 Å². The Labute approximate surface area is 84.0 Å². The summed E-state index contributed by atoms with van der Waals surface area (Å²) in [5.41, 5.74) is 0. The van der Waals surface area contributed by atoms with E-state index in [2.05, 4.69) is 9.97 Å². The maximum Gasteiger partial charge on any atom is 0.156 e. The third kappa shape index (κ3) is 3.30. The number of hydrogen-bond donors (Lipinski definition) is 1. The largest absolute Gasteiger partial charge is 0.488 e. The molecule has 0 radical (unpaired) electrons. The fourth-order valence-corrected chi connectivity index (χ4v) is 0.916. The first-order chi connectivity index (χ1) is 6.59. The van der Waals surface area contributed by atoms with Crippen LogP contribution in [0.5, 0.6) is 5.75 Å². The molecule has 0 aliphatic rings. The number of ether oxygens (including phenoxy) is 1. The summed E-state index contributed by atoms with van der Waals surface area (Å²) < 4.78 is 5.23. The molecule has 4 heteroatoms. The maximum atomic E-state index is 8.99. The zero-order chi connectivity index (χ0) is 10.6. The molecular weight excluding hydrogens is 180 g/mol. The van der Waals surface area contributed by atoms with E-state index in [1.54, 1.807) is 19.3 Å². The van der Waals surface area contributed by atoms with Crippen molar-refractivity contribution in [1.29, 1.82) is 0 Å². The molecular formula is C10H16N2O2. The van der Waals surface area contributed by atoms with Crippen molar-refractivity contribution in [1.82, 2.24) is 9.97 Å². The van der Waals surface area contributed by atoms with E-state index in [1.165, 1.54) is 0 Å². The van der Waals surface area contributed by atoms with Crippen molar-refractivity contribution in [3.8, 4) is 5.75 Å². The van der Waals surface area contributed by atoms with Crippen molar-refractivity contribution in [2.75, 3.05) is 6.61 Å². The lowest BCUT2D eigenvalue weighted by Gasteiger charge is -2.08. The van der Waals surface area contributed by atoms with E-state index >= 15 is 0 Å². The molecule has 0 spiro atoms. The summed E-state index contributed by atoms with van der Waals surface area (Å²) >= 11 is 0. The summed E-state index contributed by atoms with van der Waals surface area (Å²) in [5, 5.41) is 8.99. The summed E-state index contributed by atoms with van der Waals surface area (Å²) in [7, 11) is 0. The average Bonchev–Trinajstić information content (AvgIpc) is 2.15. The van der Waals surface area contributed by atoms with Crippen LogP contribution < -0.4 is 4.74 Å². The van der Waals surface area contributed by atoms with Crippen molar-refractivity contribution < 1.29 is 9.84 Å². The topological polar surface area (TPSA) is 55.2 Å². The van der Waals surface area contributed by atoms with Crippen molar-refractivity contribution in [2.24, 2.45) is 0 Å². The summed E-state index contributed by atoms with van der Waals surface area (Å²) in [6, 6.07) is 0. The fourth-order valence-electron chi connectivity index (χ4n) is 0.916. The SMILES string of the molecule is CC(O)COc1cnc(C(C)C)nc1. The first-order valence-electron chi connectivity index (χ1n) is 4.72. The lowest BCUT2D eigenvalue weighted by molar-refractivity contribution is 0.122. The Morgan fingerprint density at radius 2 is 1.86 bits per heavy atom. The zero-order valence-corrected chi connectivity index (χ0v) is 8.77. The van der Waals surface area contributed by atoms with Gasteiger partial charge in [-0.25, -0.2) is 9.97 Å². The Kier molecular flexibility index (Phi) is 3.83. The highest BCUT2D eigenvalue weighted by Crippen LogP contribution is 2.11. The van der Waals surface area contributed by atoms with Gasteiger partial charge in [-0.15, -0.1) is 0 Å². The minimum Gasteiger partial charge on any atom is -0.488 e. The van der Waals surface area contributed by atoms with Gasteiger partial charge in [0.05, 0.1) is 18.5 Å². The summed E-state index contributed by atoms with van der Waals surface area (Å²) in [5.74, 6) is 1.71. The third-order valence-corrected chi connectivity index (χ3v) is 1.66. The van der Waals surface area contributed by atoms with E-state index in [0.29, 0.717) is 11.7 Å². The molecule has 0 saturated carbocycles. The lowest BCUT2D eigenvalue weighted by Crippen LogP contribution is -2.13. The van der Waals surface area contributed by atoms with Crippen LogP contribution in [-0.2, 0) is 0 Å². The van der Waals surface area contributed by atoms with Crippen LogP contribution in [0.15, 0.2) is 12.4 Å². The van der Waals surface area contributed by atoms with Gasteiger partial charge >= 0.3 is 0 Å². The molecule has 1 rings (SSSR count). The molecule has 1 N–H and O–H groups in total. The second kappa shape index (κ2) is 4.91. The number of aromatic nitrogens is 2. The number of nitrogens with zero attached hydrogens (tertiary/aromatic N) is 2. The first-order valence-corrected chi connectivity index (χ1v) is 4.72. The van der Waals surface area contributed by atoms with Gasteiger partial charge in [-0.2, -0.15) is 0 Å². The predicted molar refractivity (Wildman–Crippen MR) is 53.3 cm³/mol. The van der Waals surface area contributed by atoms with Crippen molar-refractivity contribution in [2.45, 2.75) is 32.8 Å². The van der Waals surface area contributed by atoms with Crippen LogP contribution in [0.1, 0.15) is 32.5 Å². The van der Waals surface area contributed by atoms with Gasteiger partial charge in [-0.1, -0.05) is 13.8 Å². The van der Waals surface area contributed by atoms with E-state index < -0.39 is 6.10 Å². The summed E-state index contributed by atoms with van der Waals surface area (Å²) in [6.45, 7) is 6.01. The molecule has 14 heavy (non-hydrogen) atoms. The van der Waals surface area contributed by atoms with E-state index in [0.717, 1.165) is 5.82 Å². The van der Waals surface area contributed by atoms with Gasteiger partial charge in [-0.05, 0) is 6.92 Å². The van der Waals surface area contributed by atoms with E-state index in [4.69, 9.17) is 9.84 Å². The Balaban J connectivity index is 2.55. The normalized spacial score (nSPS) is 12.9. The van der Waals surface area contributed by atoms with Gasteiger partial charge in [0.2, 0.25) is 0 Å².